The average Bonchev–Trinajstić information content (AvgIpc) is 3.13. The first kappa shape index (κ1) is 19.4. The molecule has 0 saturated carbocycles. The fourth-order valence-electron chi connectivity index (χ4n) is 3.53. The molecular formula is C23H23N3O2S. The number of fused-ring (bicyclic) bond motifs is 1. The first-order chi connectivity index (χ1) is 14.0. The van der Waals surface area contributed by atoms with E-state index in [-0.39, 0.29) is 5.56 Å². The zero-order valence-electron chi connectivity index (χ0n) is 16.7. The Bertz CT molecular complexity index is 1200. The highest BCUT2D eigenvalue weighted by Crippen LogP contribution is 2.30. The molecule has 4 aromatic rings. The Morgan fingerprint density at radius 1 is 1.14 bits per heavy atom. The third-order valence-electron chi connectivity index (χ3n) is 4.87. The predicted octanol–water partition coefficient (Wildman–Crippen LogP) is 4.60. The molecule has 0 unspecified atom stereocenters. The summed E-state index contributed by atoms with van der Waals surface area (Å²) in [5, 5.41) is 2.67. The van der Waals surface area contributed by atoms with Gasteiger partial charge in [-0.05, 0) is 25.6 Å². The lowest BCUT2D eigenvalue weighted by Gasteiger charge is -2.18. The molecule has 2 aromatic carbocycles. The smallest absolute Gasteiger partial charge is 0.260 e. The van der Waals surface area contributed by atoms with E-state index < -0.39 is 0 Å². The zero-order valence-corrected chi connectivity index (χ0v) is 17.5. The van der Waals surface area contributed by atoms with Crippen LogP contribution in [0.1, 0.15) is 17.0 Å². The van der Waals surface area contributed by atoms with E-state index >= 15 is 0 Å². The van der Waals surface area contributed by atoms with Crippen LogP contribution < -0.4 is 10.3 Å². The number of nitrogens with zero attached hydrogens (tertiary/aromatic N) is 2. The van der Waals surface area contributed by atoms with Gasteiger partial charge in [-0.25, -0.2) is 4.98 Å². The molecular weight excluding hydrogens is 382 g/mol. The van der Waals surface area contributed by atoms with Crippen molar-refractivity contribution in [3.63, 3.8) is 0 Å². The van der Waals surface area contributed by atoms with Gasteiger partial charge in [0.1, 0.15) is 16.4 Å². The normalized spacial score (nSPS) is 11.3. The summed E-state index contributed by atoms with van der Waals surface area (Å²) in [6.07, 6.45) is 0. The Labute approximate surface area is 173 Å². The van der Waals surface area contributed by atoms with Gasteiger partial charge in [0, 0.05) is 23.1 Å². The van der Waals surface area contributed by atoms with Crippen molar-refractivity contribution in [3.05, 3.63) is 81.2 Å². The van der Waals surface area contributed by atoms with Crippen LogP contribution in [0.2, 0.25) is 0 Å². The molecule has 0 atom stereocenters. The monoisotopic (exact) mass is 405 g/mol. The quantitative estimate of drug-likeness (QED) is 0.509. The van der Waals surface area contributed by atoms with Crippen LogP contribution in [0.25, 0.3) is 21.3 Å². The van der Waals surface area contributed by atoms with Crippen LogP contribution >= 0.6 is 11.3 Å². The number of nitrogens with one attached hydrogen (secondary N) is 1. The summed E-state index contributed by atoms with van der Waals surface area (Å²) < 4.78 is 5.47. The summed E-state index contributed by atoms with van der Waals surface area (Å²) in [5.74, 6) is 1.53. The number of H-pyrrole nitrogens is 1. The Morgan fingerprint density at radius 2 is 1.93 bits per heavy atom. The number of aromatic amines is 1. The third-order valence-corrected chi connectivity index (χ3v) is 5.75. The number of hydrogen-bond acceptors (Lipinski definition) is 5. The van der Waals surface area contributed by atoms with Crippen molar-refractivity contribution >= 4 is 21.6 Å². The first-order valence-corrected chi connectivity index (χ1v) is 10.3. The van der Waals surface area contributed by atoms with Gasteiger partial charge in [-0.3, -0.25) is 9.69 Å². The predicted molar refractivity (Wildman–Crippen MR) is 119 cm³/mol. The maximum Gasteiger partial charge on any atom is 0.260 e. The molecule has 0 fully saturated rings. The maximum absolute atomic E-state index is 12.8. The van der Waals surface area contributed by atoms with E-state index in [2.05, 4.69) is 22.9 Å². The SMILES string of the molecule is COc1ccc(C)cc1CN(C)Cc1nc2scc(-c3ccccc3)c2c(=O)[nH]1. The molecule has 0 aliphatic rings. The van der Waals surface area contributed by atoms with Gasteiger partial charge in [0.15, 0.2) is 0 Å². The van der Waals surface area contributed by atoms with E-state index in [1.165, 1.54) is 16.9 Å². The molecule has 0 radical (unpaired) electrons. The van der Waals surface area contributed by atoms with E-state index in [1.54, 1.807) is 7.11 Å². The van der Waals surface area contributed by atoms with Crippen LogP contribution in [0.5, 0.6) is 5.75 Å². The molecule has 148 valence electrons. The molecule has 29 heavy (non-hydrogen) atoms. The van der Waals surface area contributed by atoms with Gasteiger partial charge in [0.2, 0.25) is 0 Å². The fraction of sp³-hybridized carbons (Fsp3) is 0.217. The first-order valence-electron chi connectivity index (χ1n) is 9.43. The van der Waals surface area contributed by atoms with Crippen LogP contribution in [0.4, 0.5) is 0 Å². The van der Waals surface area contributed by atoms with Gasteiger partial charge in [0.05, 0.1) is 19.0 Å². The van der Waals surface area contributed by atoms with E-state index in [4.69, 9.17) is 9.72 Å². The third kappa shape index (κ3) is 4.09. The molecule has 6 heteroatoms. The van der Waals surface area contributed by atoms with Crippen LogP contribution in [0.3, 0.4) is 0 Å². The van der Waals surface area contributed by atoms with Gasteiger partial charge in [-0.15, -0.1) is 11.3 Å². The lowest BCUT2D eigenvalue weighted by Crippen LogP contribution is -2.22. The molecule has 5 nitrogen and oxygen atoms in total. The second-order valence-corrected chi connectivity index (χ2v) is 8.05. The summed E-state index contributed by atoms with van der Waals surface area (Å²) in [5.41, 5.74) is 4.17. The molecule has 0 amide bonds. The van der Waals surface area contributed by atoms with Gasteiger partial charge in [-0.1, -0.05) is 48.0 Å². The Morgan fingerprint density at radius 3 is 2.69 bits per heavy atom. The van der Waals surface area contributed by atoms with Gasteiger partial charge in [0.25, 0.3) is 5.56 Å². The highest BCUT2D eigenvalue weighted by atomic mass is 32.1. The van der Waals surface area contributed by atoms with Crippen LogP contribution in [0.15, 0.2) is 58.7 Å². The summed E-state index contributed by atoms with van der Waals surface area (Å²) in [7, 11) is 3.69. The molecule has 0 aliphatic heterocycles. The molecule has 4 rings (SSSR count). The number of thiophene rings is 1. The number of aromatic nitrogens is 2. The van der Waals surface area contributed by atoms with Crippen LogP contribution in [0, 0.1) is 6.92 Å². The maximum atomic E-state index is 12.8. The standard InChI is InChI=1S/C23H23N3O2S/c1-15-9-10-19(28-3)17(11-15)12-26(2)13-20-24-22(27)21-18(14-29-23(21)25-20)16-7-5-4-6-8-16/h4-11,14H,12-13H2,1-3H3,(H,24,25,27). The Hall–Kier alpha value is -2.96. The lowest BCUT2D eigenvalue weighted by molar-refractivity contribution is 0.302. The lowest BCUT2D eigenvalue weighted by atomic mass is 10.1. The molecule has 2 aromatic heterocycles. The molecule has 0 spiro atoms. The average molecular weight is 406 g/mol. The highest BCUT2D eigenvalue weighted by Gasteiger charge is 2.14. The fourth-order valence-corrected chi connectivity index (χ4v) is 4.50. The Balaban J connectivity index is 1.59. The topological polar surface area (TPSA) is 58.2 Å². The van der Waals surface area contributed by atoms with Gasteiger partial charge >= 0.3 is 0 Å². The van der Waals surface area contributed by atoms with Gasteiger partial charge in [-0.2, -0.15) is 0 Å². The second-order valence-electron chi connectivity index (χ2n) is 7.20. The van der Waals surface area contributed by atoms with Crippen molar-refractivity contribution in [1.29, 1.82) is 0 Å². The summed E-state index contributed by atoms with van der Waals surface area (Å²) in [4.78, 5) is 23.4. The second kappa shape index (κ2) is 8.19. The number of benzene rings is 2. The minimum Gasteiger partial charge on any atom is -0.496 e. The number of aryl methyl sites for hydroxylation is 1. The Kier molecular flexibility index (Phi) is 5.47. The molecule has 1 N–H and O–H groups in total. The van der Waals surface area contributed by atoms with Gasteiger partial charge < -0.3 is 9.72 Å². The van der Waals surface area contributed by atoms with E-state index in [0.29, 0.717) is 24.3 Å². The largest absolute Gasteiger partial charge is 0.496 e. The number of hydrogen-bond donors (Lipinski definition) is 1. The van der Waals surface area contributed by atoms with E-state index in [1.807, 2.05) is 54.9 Å². The minimum absolute atomic E-state index is 0.0911. The van der Waals surface area contributed by atoms with Crippen LogP contribution in [-0.2, 0) is 13.1 Å². The molecule has 0 saturated heterocycles. The van der Waals surface area contributed by atoms with Crippen molar-refractivity contribution in [2.24, 2.45) is 0 Å². The van der Waals surface area contributed by atoms with Crippen molar-refractivity contribution < 1.29 is 4.74 Å². The molecule has 0 bridgehead atoms. The summed E-state index contributed by atoms with van der Waals surface area (Å²) in [6, 6.07) is 16.1. The summed E-state index contributed by atoms with van der Waals surface area (Å²) >= 11 is 1.51. The van der Waals surface area contributed by atoms with E-state index in [9.17, 15) is 4.79 Å². The van der Waals surface area contributed by atoms with E-state index in [0.717, 1.165) is 27.3 Å². The number of rotatable bonds is 6. The van der Waals surface area contributed by atoms with Crippen molar-refractivity contribution in [2.45, 2.75) is 20.0 Å². The molecule has 2 heterocycles. The van der Waals surface area contributed by atoms with Crippen LogP contribution in [-0.4, -0.2) is 29.0 Å². The van der Waals surface area contributed by atoms with Crippen molar-refractivity contribution in [3.8, 4) is 16.9 Å². The minimum atomic E-state index is -0.0911. The molecule has 0 aliphatic carbocycles. The number of methoxy groups -OCH3 is 1. The van der Waals surface area contributed by atoms with Crippen molar-refractivity contribution in [1.82, 2.24) is 14.9 Å². The van der Waals surface area contributed by atoms with Crippen molar-refractivity contribution in [2.75, 3.05) is 14.2 Å². The zero-order chi connectivity index (χ0) is 20.4. The number of ether oxygens (including phenoxy) is 1. The highest BCUT2D eigenvalue weighted by molar-refractivity contribution is 7.17. The summed E-state index contributed by atoms with van der Waals surface area (Å²) in [6.45, 7) is 3.31.